The molecule has 3 N–H and O–H groups in total. The summed E-state index contributed by atoms with van der Waals surface area (Å²) in [7, 11) is 0. The number of carbonyl (C=O) groups is 1. The van der Waals surface area contributed by atoms with Crippen LogP contribution in [0.3, 0.4) is 0 Å². The molecule has 0 bridgehead atoms. The molecule has 0 radical (unpaired) electrons. The minimum Gasteiger partial charge on any atom is -0.356 e. The first-order valence-corrected chi connectivity index (χ1v) is 8.67. The maximum absolute atomic E-state index is 12.4. The Morgan fingerprint density at radius 1 is 0.786 bits per heavy atom. The van der Waals surface area contributed by atoms with Gasteiger partial charge in [0, 0.05) is 17.1 Å². The minimum absolute atomic E-state index is 0.0552. The zero-order valence-electron chi connectivity index (χ0n) is 14.8. The van der Waals surface area contributed by atoms with Gasteiger partial charge in [-0.2, -0.15) is 4.68 Å². The monoisotopic (exact) mass is 371 g/mol. The molecule has 0 fully saturated rings. The Bertz CT molecular complexity index is 1130. The summed E-state index contributed by atoms with van der Waals surface area (Å²) in [5.74, 6) is -0.545. The van der Waals surface area contributed by atoms with E-state index >= 15 is 0 Å². The predicted molar refractivity (Wildman–Crippen MR) is 108 cm³/mol. The quantitative estimate of drug-likeness (QED) is 0.500. The van der Waals surface area contributed by atoms with E-state index in [0.29, 0.717) is 11.4 Å². The van der Waals surface area contributed by atoms with Crippen molar-refractivity contribution >= 4 is 23.0 Å². The molecule has 0 aliphatic rings. The molecule has 4 aromatic rings. The first-order valence-electron chi connectivity index (χ1n) is 8.67. The highest BCUT2D eigenvalue weighted by Crippen LogP contribution is 2.18. The van der Waals surface area contributed by atoms with Gasteiger partial charge in [-0.1, -0.05) is 36.4 Å². The molecule has 4 rings (SSSR count). The molecule has 0 saturated carbocycles. The molecule has 138 valence electrons. The number of carbonyl (C=O) groups excluding carboxylic acids is 1. The lowest BCUT2D eigenvalue weighted by Gasteiger charge is -2.08. The van der Waals surface area contributed by atoms with Crippen molar-refractivity contribution in [1.82, 2.24) is 14.8 Å². The van der Waals surface area contributed by atoms with E-state index < -0.39 is 11.6 Å². The van der Waals surface area contributed by atoms with Gasteiger partial charge in [0.1, 0.15) is 0 Å². The molecule has 3 aromatic carbocycles. The van der Waals surface area contributed by atoms with Gasteiger partial charge in [0.05, 0.1) is 5.69 Å². The molecule has 0 saturated heterocycles. The molecule has 1 aromatic heterocycles. The number of aromatic amines is 1. The number of hydrogen-bond donors (Lipinski definition) is 3. The summed E-state index contributed by atoms with van der Waals surface area (Å²) in [4.78, 5) is 27.0. The Kier molecular flexibility index (Phi) is 4.71. The highest BCUT2D eigenvalue weighted by Gasteiger charge is 2.14. The Morgan fingerprint density at radius 3 is 2.04 bits per heavy atom. The number of benzene rings is 3. The molecule has 0 aliphatic heterocycles. The standard InChI is InChI=1S/C21H17N5O2/c27-20(19-24-21(28)26(25-19)18-9-5-2-6-10-18)23-17-13-11-16(12-14-17)22-15-7-3-1-4-8-15/h1-14,22H,(H,23,27)(H,24,25,28). The van der Waals surface area contributed by atoms with E-state index in [1.165, 1.54) is 0 Å². The van der Waals surface area contributed by atoms with Crippen LogP contribution in [-0.4, -0.2) is 20.7 Å². The Morgan fingerprint density at radius 2 is 1.36 bits per heavy atom. The van der Waals surface area contributed by atoms with E-state index in [1.54, 1.807) is 36.4 Å². The molecule has 1 heterocycles. The second-order valence-corrected chi connectivity index (χ2v) is 6.05. The summed E-state index contributed by atoms with van der Waals surface area (Å²) in [6.07, 6.45) is 0. The molecule has 28 heavy (non-hydrogen) atoms. The molecular weight excluding hydrogens is 354 g/mol. The number of anilines is 3. The first-order chi connectivity index (χ1) is 13.7. The smallest absolute Gasteiger partial charge is 0.348 e. The number of H-pyrrole nitrogens is 1. The number of hydrogen-bond acceptors (Lipinski definition) is 4. The molecule has 0 spiro atoms. The molecule has 0 atom stereocenters. The van der Waals surface area contributed by atoms with Gasteiger partial charge in [-0.05, 0) is 48.5 Å². The van der Waals surface area contributed by atoms with Crippen molar-refractivity contribution in [2.45, 2.75) is 0 Å². The number of nitrogens with one attached hydrogen (secondary N) is 3. The van der Waals surface area contributed by atoms with Crippen molar-refractivity contribution in [3.8, 4) is 5.69 Å². The summed E-state index contributed by atoms with van der Waals surface area (Å²) >= 11 is 0. The first kappa shape index (κ1) is 17.3. The third kappa shape index (κ3) is 3.83. The number of amides is 1. The van der Waals surface area contributed by atoms with Gasteiger partial charge in [-0.25, -0.2) is 4.79 Å². The van der Waals surface area contributed by atoms with Crippen molar-refractivity contribution in [3.63, 3.8) is 0 Å². The van der Waals surface area contributed by atoms with Gasteiger partial charge >= 0.3 is 5.69 Å². The Labute approximate surface area is 160 Å². The second kappa shape index (κ2) is 7.63. The number of aromatic nitrogens is 3. The van der Waals surface area contributed by atoms with E-state index in [-0.39, 0.29) is 5.82 Å². The topological polar surface area (TPSA) is 91.8 Å². The van der Waals surface area contributed by atoms with E-state index in [4.69, 9.17) is 0 Å². The Balaban J connectivity index is 1.46. The zero-order valence-corrected chi connectivity index (χ0v) is 14.8. The normalized spacial score (nSPS) is 10.4. The summed E-state index contributed by atoms with van der Waals surface area (Å²) in [6.45, 7) is 0. The van der Waals surface area contributed by atoms with Crippen LogP contribution in [0.15, 0.2) is 89.7 Å². The van der Waals surface area contributed by atoms with E-state index in [2.05, 4.69) is 20.7 Å². The molecule has 0 unspecified atom stereocenters. The van der Waals surface area contributed by atoms with Crippen LogP contribution >= 0.6 is 0 Å². The fraction of sp³-hybridized carbons (Fsp3) is 0. The van der Waals surface area contributed by atoms with Crippen LogP contribution in [0.25, 0.3) is 5.69 Å². The number of nitrogens with zero attached hydrogens (tertiary/aromatic N) is 2. The van der Waals surface area contributed by atoms with Crippen LogP contribution in [0.1, 0.15) is 10.6 Å². The van der Waals surface area contributed by atoms with E-state index in [1.807, 2.05) is 48.5 Å². The van der Waals surface area contributed by atoms with Gasteiger partial charge in [0.2, 0.25) is 5.82 Å². The second-order valence-electron chi connectivity index (χ2n) is 6.05. The van der Waals surface area contributed by atoms with Crippen LogP contribution in [0, 0.1) is 0 Å². The predicted octanol–water partition coefficient (Wildman–Crippen LogP) is 3.56. The molecule has 7 heteroatoms. The van der Waals surface area contributed by atoms with E-state index in [0.717, 1.165) is 16.1 Å². The number of para-hydroxylation sites is 2. The number of rotatable bonds is 5. The van der Waals surface area contributed by atoms with Crippen molar-refractivity contribution < 1.29 is 4.79 Å². The molecular formula is C21H17N5O2. The van der Waals surface area contributed by atoms with Crippen molar-refractivity contribution in [2.24, 2.45) is 0 Å². The molecule has 0 aliphatic carbocycles. The van der Waals surface area contributed by atoms with Crippen LogP contribution in [-0.2, 0) is 0 Å². The van der Waals surface area contributed by atoms with Crippen LogP contribution in [0.5, 0.6) is 0 Å². The fourth-order valence-corrected chi connectivity index (χ4v) is 2.69. The van der Waals surface area contributed by atoms with Crippen molar-refractivity contribution in [1.29, 1.82) is 0 Å². The zero-order chi connectivity index (χ0) is 19.3. The minimum atomic E-state index is -0.490. The average Bonchev–Trinajstić information content (AvgIpc) is 3.13. The highest BCUT2D eigenvalue weighted by atomic mass is 16.2. The van der Waals surface area contributed by atoms with Gasteiger partial charge in [0.25, 0.3) is 5.91 Å². The summed E-state index contributed by atoms with van der Waals surface area (Å²) in [5.41, 5.74) is 2.57. The van der Waals surface area contributed by atoms with Crippen molar-refractivity contribution in [2.75, 3.05) is 10.6 Å². The third-order valence-electron chi connectivity index (χ3n) is 4.04. The lowest BCUT2D eigenvalue weighted by atomic mass is 10.2. The summed E-state index contributed by atoms with van der Waals surface area (Å²) < 4.78 is 1.15. The van der Waals surface area contributed by atoms with E-state index in [9.17, 15) is 9.59 Å². The SMILES string of the molecule is O=C(Nc1ccc(Nc2ccccc2)cc1)c1nn(-c2ccccc2)c(=O)[nH]1. The highest BCUT2D eigenvalue weighted by molar-refractivity contribution is 6.01. The van der Waals surface area contributed by atoms with Crippen LogP contribution in [0.2, 0.25) is 0 Å². The van der Waals surface area contributed by atoms with Crippen molar-refractivity contribution in [3.05, 3.63) is 101 Å². The van der Waals surface area contributed by atoms with Crippen LogP contribution < -0.4 is 16.3 Å². The van der Waals surface area contributed by atoms with Gasteiger partial charge in [0.15, 0.2) is 0 Å². The lowest BCUT2D eigenvalue weighted by molar-refractivity contribution is 0.101. The molecule has 1 amide bonds. The van der Waals surface area contributed by atoms with Gasteiger partial charge < -0.3 is 10.6 Å². The van der Waals surface area contributed by atoms with Gasteiger partial charge in [-0.3, -0.25) is 9.78 Å². The third-order valence-corrected chi connectivity index (χ3v) is 4.04. The van der Waals surface area contributed by atoms with Gasteiger partial charge in [-0.15, -0.1) is 5.10 Å². The summed E-state index contributed by atoms with van der Waals surface area (Å²) in [6, 6.07) is 25.9. The maximum atomic E-state index is 12.4. The Hall–Kier alpha value is -4.13. The average molecular weight is 371 g/mol. The lowest BCUT2D eigenvalue weighted by Crippen LogP contribution is -2.15. The largest absolute Gasteiger partial charge is 0.356 e. The van der Waals surface area contributed by atoms with Crippen LogP contribution in [0.4, 0.5) is 17.1 Å². The maximum Gasteiger partial charge on any atom is 0.348 e. The summed E-state index contributed by atoms with van der Waals surface area (Å²) in [5, 5.41) is 10.1. The fourth-order valence-electron chi connectivity index (χ4n) is 2.69. The molecule has 7 nitrogen and oxygen atoms in total.